The van der Waals surface area contributed by atoms with E-state index in [0.29, 0.717) is 22.7 Å². The van der Waals surface area contributed by atoms with Gasteiger partial charge in [0.25, 0.3) is 5.91 Å². The van der Waals surface area contributed by atoms with Crippen molar-refractivity contribution in [2.24, 2.45) is 0 Å². The Balaban J connectivity index is 1.57. The lowest BCUT2D eigenvalue weighted by molar-refractivity contribution is -0.119. The molecular formula is C21H17N3O3S. The van der Waals surface area contributed by atoms with Crippen molar-refractivity contribution in [1.82, 2.24) is 4.98 Å². The predicted molar refractivity (Wildman–Crippen MR) is 107 cm³/mol. The summed E-state index contributed by atoms with van der Waals surface area (Å²) in [5, 5.41) is 12.0. The number of rotatable bonds is 6. The standard InChI is InChI=1S/C21H17N3O3S/c1-14-19(28-20(23-14)16-5-3-2-4-6-16)21(26)27-13-18(25)24-17-9-7-15(8-10-17)11-12-22/h2-10H,11,13H2,1H3,(H,24,25). The second kappa shape index (κ2) is 8.93. The minimum absolute atomic E-state index is 0.311. The van der Waals surface area contributed by atoms with Crippen LogP contribution in [-0.2, 0) is 16.0 Å². The van der Waals surface area contributed by atoms with E-state index in [9.17, 15) is 9.59 Å². The maximum absolute atomic E-state index is 12.3. The van der Waals surface area contributed by atoms with E-state index in [-0.39, 0.29) is 0 Å². The zero-order valence-electron chi connectivity index (χ0n) is 15.1. The number of anilines is 1. The van der Waals surface area contributed by atoms with Crippen LogP contribution in [0.25, 0.3) is 10.6 Å². The van der Waals surface area contributed by atoms with Crippen LogP contribution in [0.15, 0.2) is 54.6 Å². The quantitative estimate of drug-likeness (QED) is 0.642. The van der Waals surface area contributed by atoms with Crippen molar-refractivity contribution in [2.45, 2.75) is 13.3 Å². The summed E-state index contributed by atoms with van der Waals surface area (Å²) in [6, 6.07) is 18.5. The number of aryl methyl sites for hydroxylation is 1. The van der Waals surface area contributed by atoms with Gasteiger partial charge in [0.15, 0.2) is 6.61 Å². The number of carbonyl (C=O) groups is 2. The minimum atomic E-state index is -0.573. The van der Waals surface area contributed by atoms with Crippen molar-refractivity contribution in [3.8, 4) is 16.6 Å². The number of hydrogen-bond donors (Lipinski definition) is 1. The Morgan fingerprint density at radius 1 is 1.14 bits per heavy atom. The molecule has 0 aliphatic heterocycles. The van der Waals surface area contributed by atoms with Gasteiger partial charge >= 0.3 is 5.97 Å². The van der Waals surface area contributed by atoms with Crippen LogP contribution in [0.5, 0.6) is 0 Å². The normalized spacial score (nSPS) is 10.1. The van der Waals surface area contributed by atoms with Crippen molar-refractivity contribution < 1.29 is 14.3 Å². The fourth-order valence-electron chi connectivity index (χ4n) is 2.48. The largest absolute Gasteiger partial charge is 0.451 e. The highest BCUT2D eigenvalue weighted by atomic mass is 32.1. The summed E-state index contributed by atoms with van der Waals surface area (Å²) in [5.41, 5.74) is 2.93. The van der Waals surface area contributed by atoms with Crippen molar-refractivity contribution >= 4 is 28.9 Å². The van der Waals surface area contributed by atoms with Gasteiger partial charge in [-0.2, -0.15) is 5.26 Å². The molecule has 3 aromatic rings. The Bertz CT molecular complexity index is 1020. The van der Waals surface area contributed by atoms with E-state index in [4.69, 9.17) is 10.00 Å². The van der Waals surface area contributed by atoms with Crippen LogP contribution in [0.1, 0.15) is 20.9 Å². The van der Waals surface area contributed by atoms with Gasteiger partial charge in [0.1, 0.15) is 9.88 Å². The molecule has 0 atom stereocenters. The maximum atomic E-state index is 12.3. The smallest absolute Gasteiger partial charge is 0.350 e. The van der Waals surface area contributed by atoms with Gasteiger partial charge in [0.05, 0.1) is 18.2 Å². The Hall–Kier alpha value is -3.50. The number of nitrogens with zero attached hydrogens (tertiary/aromatic N) is 2. The highest BCUT2D eigenvalue weighted by Crippen LogP contribution is 2.28. The molecule has 0 radical (unpaired) electrons. The van der Waals surface area contributed by atoms with Gasteiger partial charge in [-0.15, -0.1) is 11.3 Å². The molecule has 2 aromatic carbocycles. The molecule has 7 heteroatoms. The van der Waals surface area contributed by atoms with Gasteiger partial charge in [-0.25, -0.2) is 9.78 Å². The van der Waals surface area contributed by atoms with Crippen molar-refractivity contribution in [2.75, 3.05) is 11.9 Å². The van der Waals surface area contributed by atoms with E-state index in [1.54, 1.807) is 31.2 Å². The molecule has 0 aliphatic carbocycles. The fourth-order valence-corrected chi connectivity index (χ4v) is 3.45. The van der Waals surface area contributed by atoms with E-state index < -0.39 is 18.5 Å². The Morgan fingerprint density at radius 3 is 2.54 bits per heavy atom. The zero-order chi connectivity index (χ0) is 19.9. The first kappa shape index (κ1) is 19.3. The third kappa shape index (κ3) is 4.81. The van der Waals surface area contributed by atoms with Crippen molar-refractivity contribution in [3.63, 3.8) is 0 Å². The Morgan fingerprint density at radius 2 is 1.86 bits per heavy atom. The third-order valence-corrected chi connectivity index (χ3v) is 5.04. The molecule has 0 aliphatic rings. The number of thiazole rings is 1. The topological polar surface area (TPSA) is 92.1 Å². The van der Waals surface area contributed by atoms with Crippen LogP contribution >= 0.6 is 11.3 Å². The Labute approximate surface area is 166 Å². The van der Waals surface area contributed by atoms with E-state index >= 15 is 0 Å². The van der Waals surface area contributed by atoms with E-state index in [0.717, 1.165) is 16.1 Å². The molecule has 1 amide bonds. The molecule has 1 N–H and O–H groups in total. The lowest BCUT2D eigenvalue weighted by atomic mass is 10.1. The molecular weight excluding hydrogens is 374 g/mol. The molecule has 0 saturated heterocycles. The zero-order valence-corrected chi connectivity index (χ0v) is 16.0. The second-order valence-electron chi connectivity index (χ2n) is 5.96. The molecule has 0 spiro atoms. The number of esters is 1. The molecule has 0 unspecified atom stereocenters. The number of aromatic nitrogens is 1. The summed E-state index contributed by atoms with van der Waals surface area (Å²) in [6.07, 6.45) is 0.311. The van der Waals surface area contributed by atoms with Gasteiger partial charge in [0, 0.05) is 11.3 Å². The molecule has 0 fully saturated rings. The SMILES string of the molecule is Cc1nc(-c2ccccc2)sc1C(=O)OCC(=O)Nc1ccc(CC#N)cc1. The number of nitrogens with one attached hydrogen (secondary N) is 1. The average molecular weight is 391 g/mol. The number of ether oxygens (including phenoxy) is 1. The maximum Gasteiger partial charge on any atom is 0.350 e. The molecule has 6 nitrogen and oxygen atoms in total. The third-order valence-electron chi connectivity index (χ3n) is 3.86. The van der Waals surface area contributed by atoms with Gasteiger partial charge in [0.2, 0.25) is 0 Å². The lowest BCUT2D eigenvalue weighted by Crippen LogP contribution is -2.20. The second-order valence-corrected chi connectivity index (χ2v) is 6.95. The highest BCUT2D eigenvalue weighted by Gasteiger charge is 2.18. The average Bonchev–Trinajstić information content (AvgIpc) is 3.10. The van der Waals surface area contributed by atoms with E-state index in [1.807, 2.05) is 30.3 Å². The summed E-state index contributed by atoms with van der Waals surface area (Å²) < 4.78 is 5.13. The first-order valence-corrected chi connectivity index (χ1v) is 9.34. The summed E-state index contributed by atoms with van der Waals surface area (Å²) in [4.78, 5) is 29.1. The van der Waals surface area contributed by atoms with Gasteiger partial charge in [-0.3, -0.25) is 4.79 Å². The monoisotopic (exact) mass is 391 g/mol. The van der Waals surface area contributed by atoms with Crippen LogP contribution in [0, 0.1) is 18.3 Å². The number of carbonyl (C=O) groups excluding carboxylic acids is 2. The molecule has 28 heavy (non-hydrogen) atoms. The summed E-state index contributed by atoms with van der Waals surface area (Å²) in [7, 11) is 0. The minimum Gasteiger partial charge on any atom is -0.451 e. The summed E-state index contributed by atoms with van der Waals surface area (Å²) in [6.45, 7) is 1.35. The molecule has 3 rings (SSSR count). The summed E-state index contributed by atoms with van der Waals surface area (Å²) in [5.74, 6) is -1.01. The van der Waals surface area contributed by atoms with Crippen LogP contribution in [0.2, 0.25) is 0 Å². The number of nitriles is 1. The number of hydrogen-bond acceptors (Lipinski definition) is 6. The van der Waals surface area contributed by atoms with Gasteiger partial charge in [-0.1, -0.05) is 42.5 Å². The van der Waals surface area contributed by atoms with E-state index in [2.05, 4.69) is 16.4 Å². The Kier molecular flexibility index (Phi) is 6.14. The van der Waals surface area contributed by atoms with Crippen molar-refractivity contribution in [3.05, 3.63) is 70.7 Å². The van der Waals surface area contributed by atoms with Crippen LogP contribution in [-0.4, -0.2) is 23.5 Å². The van der Waals surface area contributed by atoms with Gasteiger partial charge in [-0.05, 0) is 24.6 Å². The van der Waals surface area contributed by atoms with Crippen LogP contribution in [0.4, 0.5) is 5.69 Å². The fraction of sp³-hybridized carbons (Fsp3) is 0.143. The first-order valence-electron chi connectivity index (χ1n) is 8.52. The van der Waals surface area contributed by atoms with Crippen LogP contribution in [0.3, 0.4) is 0 Å². The molecule has 140 valence electrons. The molecule has 1 aromatic heterocycles. The first-order chi connectivity index (χ1) is 13.6. The molecule has 0 saturated carbocycles. The molecule has 1 heterocycles. The highest BCUT2D eigenvalue weighted by molar-refractivity contribution is 7.17. The molecule has 0 bridgehead atoms. The summed E-state index contributed by atoms with van der Waals surface area (Å²) >= 11 is 1.24. The lowest BCUT2D eigenvalue weighted by Gasteiger charge is -2.06. The number of benzene rings is 2. The van der Waals surface area contributed by atoms with E-state index in [1.165, 1.54) is 11.3 Å². The van der Waals surface area contributed by atoms with Crippen molar-refractivity contribution in [1.29, 1.82) is 5.26 Å². The van der Waals surface area contributed by atoms with Crippen LogP contribution < -0.4 is 5.32 Å². The predicted octanol–water partition coefficient (Wildman–Crippen LogP) is 3.98. The number of amides is 1. The van der Waals surface area contributed by atoms with Gasteiger partial charge < -0.3 is 10.1 Å².